The van der Waals surface area contributed by atoms with Gasteiger partial charge in [0, 0.05) is 19.2 Å². The van der Waals surface area contributed by atoms with Gasteiger partial charge in [0.1, 0.15) is 17.5 Å². The summed E-state index contributed by atoms with van der Waals surface area (Å²) in [5.74, 6) is 4.00. The van der Waals surface area contributed by atoms with E-state index in [9.17, 15) is 0 Å². The lowest BCUT2D eigenvalue weighted by atomic mass is 10.2. The number of nitrogens with zero attached hydrogens (tertiary/aromatic N) is 2. The number of aromatic nitrogens is 2. The predicted octanol–water partition coefficient (Wildman–Crippen LogP) is 2.95. The average molecular weight is 300 g/mol. The molecule has 0 amide bonds. The largest absolute Gasteiger partial charge is 0.454 e. The van der Waals surface area contributed by atoms with E-state index in [2.05, 4.69) is 27.5 Å². The van der Waals surface area contributed by atoms with Gasteiger partial charge in [0.25, 0.3) is 0 Å². The van der Waals surface area contributed by atoms with Crippen LogP contribution < -0.4 is 20.1 Å². The Morgan fingerprint density at radius 3 is 2.64 bits per heavy atom. The molecule has 0 bridgehead atoms. The van der Waals surface area contributed by atoms with Gasteiger partial charge in [-0.05, 0) is 31.0 Å². The molecular weight excluding hydrogens is 280 g/mol. The molecule has 2 aromatic rings. The topological polar surface area (TPSA) is 68.3 Å². The summed E-state index contributed by atoms with van der Waals surface area (Å²) in [5, 5.41) is 6.60. The van der Waals surface area contributed by atoms with Crippen molar-refractivity contribution in [1.29, 1.82) is 0 Å². The molecule has 0 aliphatic carbocycles. The molecule has 0 unspecified atom stereocenters. The van der Waals surface area contributed by atoms with E-state index in [-0.39, 0.29) is 0 Å². The van der Waals surface area contributed by atoms with Gasteiger partial charge in [-0.15, -0.1) is 0 Å². The molecule has 22 heavy (non-hydrogen) atoms. The Balaban J connectivity index is 1.66. The first-order valence-electron chi connectivity index (χ1n) is 7.46. The predicted molar refractivity (Wildman–Crippen MR) is 85.4 cm³/mol. The zero-order chi connectivity index (χ0) is 15.4. The van der Waals surface area contributed by atoms with Crippen LogP contribution in [-0.4, -0.2) is 23.3 Å². The van der Waals surface area contributed by atoms with Gasteiger partial charge in [-0.2, -0.15) is 0 Å². The maximum absolute atomic E-state index is 5.39. The third-order valence-corrected chi connectivity index (χ3v) is 3.30. The Hall–Kier alpha value is -2.50. The number of hydrogen-bond acceptors (Lipinski definition) is 6. The van der Waals surface area contributed by atoms with Crippen LogP contribution in [0, 0.1) is 6.92 Å². The molecule has 0 radical (unpaired) electrons. The van der Waals surface area contributed by atoms with Gasteiger partial charge in [0.2, 0.25) is 6.79 Å². The normalized spacial score (nSPS) is 12.3. The van der Waals surface area contributed by atoms with Gasteiger partial charge in [0.15, 0.2) is 11.5 Å². The summed E-state index contributed by atoms with van der Waals surface area (Å²) in [6.45, 7) is 5.88. The van der Waals surface area contributed by atoms with Crippen LogP contribution in [0.25, 0.3) is 0 Å². The maximum Gasteiger partial charge on any atom is 0.231 e. The maximum atomic E-state index is 5.39. The molecule has 2 N–H and O–H groups in total. The summed E-state index contributed by atoms with van der Waals surface area (Å²) in [6, 6.07) is 7.86. The van der Waals surface area contributed by atoms with Crippen molar-refractivity contribution in [2.24, 2.45) is 0 Å². The first-order valence-corrected chi connectivity index (χ1v) is 7.46. The molecular formula is C16H20N4O2. The minimum absolute atomic E-state index is 0.295. The fourth-order valence-corrected chi connectivity index (χ4v) is 2.25. The Labute approximate surface area is 129 Å². The molecule has 6 heteroatoms. The molecule has 2 heterocycles. The molecule has 1 aromatic carbocycles. The van der Waals surface area contributed by atoms with Crippen molar-refractivity contribution in [2.75, 3.05) is 24.0 Å². The number of aryl methyl sites for hydroxylation is 1. The van der Waals surface area contributed by atoms with Crippen LogP contribution in [0.15, 0.2) is 24.3 Å². The van der Waals surface area contributed by atoms with Crippen LogP contribution in [0.2, 0.25) is 0 Å². The summed E-state index contributed by atoms with van der Waals surface area (Å²) >= 11 is 0. The minimum Gasteiger partial charge on any atom is -0.454 e. The van der Waals surface area contributed by atoms with Gasteiger partial charge in [-0.25, -0.2) is 9.97 Å². The summed E-state index contributed by atoms with van der Waals surface area (Å²) in [5.41, 5.74) is 1.11. The smallest absolute Gasteiger partial charge is 0.231 e. The van der Waals surface area contributed by atoms with E-state index in [1.54, 1.807) is 0 Å². The monoisotopic (exact) mass is 300 g/mol. The average Bonchev–Trinajstić information content (AvgIpc) is 2.98. The molecule has 0 fully saturated rings. The molecule has 0 spiro atoms. The number of benzene rings is 1. The fourth-order valence-electron chi connectivity index (χ4n) is 2.25. The van der Waals surface area contributed by atoms with Gasteiger partial charge < -0.3 is 20.1 Å². The van der Waals surface area contributed by atoms with Crippen LogP contribution >= 0.6 is 0 Å². The van der Waals surface area contributed by atoms with Crippen LogP contribution in [0.4, 0.5) is 11.6 Å². The van der Waals surface area contributed by atoms with Crippen LogP contribution in [-0.2, 0) is 6.54 Å². The summed E-state index contributed by atoms with van der Waals surface area (Å²) in [6.07, 6.45) is 1.06. The Morgan fingerprint density at radius 1 is 1.05 bits per heavy atom. The van der Waals surface area contributed by atoms with Gasteiger partial charge in [0.05, 0.1) is 0 Å². The molecule has 1 aromatic heterocycles. The highest BCUT2D eigenvalue weighted by molar-refractivity contribution is 5.49. The third-order valence-electron chi connectivity index (χ3n) is 3.30. The van der Waals surface area contributed by atoms with Crippen LogP contribution in [0.5, 0.6) is 11.5 Å². The zero-order valence-corrected chi connectivity index (χ0v) is 12.8. The van der Waals surface area contributed by atoms with E-state index in [1.165, 1.54) is 0 Å². The van der Waals surface area contributed by atoms with E-state index >= 15 is 0 Å². The second kappa shape index (κ2) is 6.51. The first-order chi connectivity index (χ1) is 10.7. The number of nitrogens with one attached hydrogen (secondary N) is 2. The van der Waals surface area contributed by atoms with E-state index in [0.717, 1.165) is 47.5 Å². The highest BCUT2D eigenvalue weighted by Gasteiger charge is 2.13. The van der Waals surface area contributed by atoms with E-state index in [0.29, 0.717) is 13.3 Å². The third kappa shape index (κ3) is 3.39. The number of fused-ring (bicyclic) bond motifs is 1. The summed E-state index contributed by atoms with van der Waals surface area (Å²) in [4.78, 5) is 8.79. The second-order valence-electron chi connectivity index (χ2n) is 5.15. The summed E-state index contributed by atoms with van der Waals surface area (Å²) in [7, 11) is 0. The lowest BCUT2D eigenvalue weighted by Gasteiger charge is -2.10. The molecule has 0 saturated carbocycles. The lowest BCUT2D eigenvalue weighted by molar-refractivity contribution is 0.174. The number of rotatable bonds is 6. The highest BCUT2D eigenvalue weighted by atomic mass is 16.7. The SMILES string of the molecule is CCCNc1cc(NCc2ccc3c(c2)OCO3)nc(C)n1. The lowest BCUT2D eigenvalue weighted by Crippen LogP contribution is -2.07. The zero-order valence-electron chi connectivity index (χ0n) is 12.8. The summed E-state index contributed by atoms with van der Waals surface area (Å²) < 4.78 is 10.7. The van der Waals surface area contributed by atoms with E-state index < -0.39 is 0 Å². The van der Waals surface area contributed by atoms with Crippen molar-refractivity contribution in [3.63, 3.8) is 0 Å². The molecule has 1 aliphatic rings. The van der Waals surface area contributed by atoms with Gasteiger partial charge in [-0.3, -0.25) is 0 Å². The van der Waals surface area contributed by atoms with Crippen LogP contribution in [0.1, 0.15) is 24.7 Å². The van der Waals surface area contributed by atoms with Gasteiger partial charge >= 0.3 is 0 Å². The molecule has 1 aliphatic heterocycles. The molecule has 3 rings (SSSR count). The number of anilines is 2. The molecule has 0 atom stereocenters. The van der Waals surface area contributed by atoms with Gasteiger partial charge in [-0.1, -0.05) is 13.0 Å². The number of ether oxygens (including phenoxy) is 2. The molecule has 6 nitrogen and oxygen atoms in total. The Kier molecular flexibility index (Phi) is 4.27. The van der Waals surface area contributed by atoms with Crippen LogP contribution in [0.3, 0.4) is 0 Å². The van der Waals surface area contributed by atoms with Crippen molar-refractivity contribution in [3.8, 4) is 11.5 Å². The molecule has 116 valence electrons. The van der Waals surface area contributed by atoms with E-state index in [4.69, 9.17) is 9.47 Å². The Bertz CT molecular complexity index is 661. The quantitative estimate of drug-likeness (QED) is 0.855. The van der Waals surface area contributed by atoms with Crippen molar-refractivity contribution in [3.05, 3.63) is 35.7 Å². The van der Waals surface area contributed by atoms with Crippen molar-refractivity contribution in [2.45, 2.75) is 26.8 Å². The van der Waals surface area contributed by atoms with E-state index in [1.807, 2.05) is 31.2 Å². The van der Waals surface area contributed by atoms with Crippen molar-refractivity contribution >= 4 is 11.6 Å². The Morgan fingerprint density at radius 2 is 1.82 bits per heavy atom. The fraction of sp³-hybridized carbons (Fsp3) is 0.375. The molecule has 0 saturated heterocycles. The number of hydrogen-bond donors (Lipinski definition) is 2. The standard InChI is InChI=1S/C16H20N4O2/c1-3-6-17-15-8-16(20-11(2)19-15)18-9-12-4-5-13-14(7-12)22-10-21-13/h4-5,7-8H,3,6,9-10H2,1-2H3,(H2,17,18,19,20). The van der Waals surface area contributed by atoms with Crippen molar-refractivity contribution < 1.29 is 9.47 Å². The minimum atomic E-state index is 0.295. The second-order valence-corrected chi connectivity index (χ2v) is 5.15. The first kappa shape index (κ1) is 14.4. The highest BCUT2D eigenvalue weighted by Crippen LogP contribution is 2.32. The van der Waals surface area contributed by atoms with Crippen molar-refractivity contribution in [1.82, 2.24) is 9.97 Å².